The summed E-state index contributed by atoms with van der Waals surface area (Å²) in [7, 11) is -3.03. The van der Waals surface area contributed by atoms with Crippen LogP contribution in [0.4, 0.5) is 23.7 Å². The standard InChI is InChI=1S/C19H18F3N3O6S2/c1-30-18(19(20,21)22,11-7-5-4-6-8-11)16(26)31-12-9-13(32(2)28)15(24-25-17(23)27)14(10-12)33(3)29/h4-10H,1-3H3,(H2,23,27)/t18-,32-,33-/m0/s1. The first kappa shape index (κ1) is 26.3. The number of urea groups is 1. The molecule has 33 heavy (non-hydrogen) atoms. The maximum absolute atomic E-state index is 14.1. The minimum atomic E-state index is -5.22. The van der Waals surface area contributed by atoms with Crippen LogP contribution in [-0.4, -0.2) is 46.2 Å². The Hall–Kier alpha value is -2.97. The number of primary amides is 1. The maximum atomic E-state index is 14.1. The molecule has 178 valence electrons. The lowest BCUT2D eigenvalue weighted by molar-refractivity contribution is -0.272. The Bertz CT molecular complexity index is 1110. The quantitative estimate of drug-likeness (QED) is 0.348. The molecule has 0 aliphatic heterocycles. The van der Waals surface area contributed by atoms with Crippen molar-refractivity contribution in [3.8, 4) is 5.75 Å². The molecule has 2 rings (SSSR count). The Balaban J connectivity index is 2.67. The number of hydrogen-bond acceptors (Lipinski definition) is 7. The van der Waals surface area contributed by atoms with Gasteiger partial charge in [0.1, 0.15) is 11.4 Å². The van der Waals surface area contributed by atoms with Gasteiger partial charge in [0.2, 0.25) is 0 Å². The Morgan fingerprint density at radius 1 is 1.00 bits per heavy atom. The SMILES string of the molecule is CO[C@](C(=O)Oc1cc([S@](C)=O)c(N=NC(N)=O)c([S@](C)=O)c1)(c1ccccc1)C(F)(F)F. The average Bonchev–Trinajstić information content (AvgIpc) is 2.72. The topological polar surface area (TPSA) is 137 Å². The van der Waals surface area contributed by atoms with Crippen molar-refractivity contribution in [1.82, 2.24) is 0 Å². The minimum Gasteiger partial charge on any atom is -0.424 e. The highest BCUT2D eigenvalue weighted by atomic mass is 32.2. The summed E-state index contributed by atoms with van der Waals surface area (Å²) < 4.78 is 76.3. The second-order valence-corrected chi connectivity index (χ2v) is 9.05. The Labute approximate surface area is 191 Å². The number of methoxy groups -OCH3 is 1. The van der Waals surface area contributed by atoms with Gasteiger partial charge >= 0.3 is 18.2 Å². The van der Waals surface area contributed by atoms with Crippen molar-refractivity contribution in [3.63, 3.8) is 0 Å². The van der Waals surface area contributed by atoms with E-state index < -0.39 is 56.7 Å². The molecule has 0 saturated heterocycles. The van der Waals surface area contributed by atoms with Gasteiger partial charge in [0, 0.05) is 25.2 Å². The molecular weight excluding hydrogens is 487 g/mol. The van der Waals surface area contributed by atoms with Crippen LogP contribution in [0.25, 0.3) is 0 Å². The molecule has 0 saturated carbocycles. The molecule has 9 nitrogen and oxygen atoms in total. The smallest absolute Gasteiger partial charge is 0.424 e. The van der Waals surface area contributed by atoms with E-state index in [2.05, 4.69) is 15.0 Å². The number of nitrogens with zero attached hydrogens (tertiary/aromatic N) is 2. The molecule has 0 unspecified atom stereocenters. The van der Waals surface area contributed by atoms with Gasteiger partial charge in [-0.1, -0.05) is 35.4 Å². The second-order valence-electron chi connectivity index (χ2n) is 6.35. The van der Waals surface area contributed by atoms with Crippen LogP contribution < -0.4 is 10.5 Å². The van der Waals surface area contributed by atoms with Crippen molar-refractivity contribution in [2.45, 2.75) is 21.6 Å². The van der Waals surface area contributed by atoms with Gasteiger partial charge in [-0.25, -0.2) is 9.59 Å². The van der Waals surface area contributed by atoms with E-state index in [1.165, 1.54) is 30.7 Å². The van der Waals surface area contributed by atoms with Crippen molar-refractivity contribution in [3.05, 3.63) is 48.0 Å². The summed E-state index contributed by atoms with van der Waals surface area (Å²) in [4.78, 5) is 23.4. The second kappa shape index (κ2) is 10.3. The van der Waals surface area contributed by atoms with E-state index in [0.29, 0.717) is 7.11 Å². The van der Waals surface area contributed by atoms with E-state index in [1.807, 2.05) is 0 Å². The number of rotatable bonds is 7. The summed E-state index contributed by atoms with van der Waals surface area (Å²) in [6, 6.07) is 6.85. The highest BCUT2D eigenvalue weighted by molar-refractivity contribution is 7.85. The van der Waals surface area contributed by atoms with Crippen LogP contribution in [-0.2, 0) is 36.7 Å². The number of amides is 2. The van der Waals surface area contributed by atoms with Gasteiger partial charge in [0.15, 0.2) is 0 Å². The number of ether oxygens (including phenoxy) is 2. The fourth-order valence-corrected chi connectivity index (χ4v) is 4.29. The van der Waals surface area contributed by atoms with Crippen LogP contribution in [0.3, 0.4) is 0 Å². The fourth-order valence-electron chi connectivity index (χ4n) is 2.82. The maximum Gasteiger partial charge on any atom is 0.432 e. The molecule has 0 heterocycles. The molecule has 2 N–H and O–H groups in total. The predicted octanol–water partition coefficient (Wildman–Crippen LogP) is 3.33. The third-order valence-corrected chi connectivity index (χ3v) is 6.13. The Kier molecular flexibility index (Phi) is 8.21. The lowest BCUT2D eigenvalue weighted by atomic mass is 9.92. The summed E-state index contributed by atoms with van der Waals surface area (Å²) in [6.07, 6.45) is -2.85. The van der Waals surface area contributed by atoms with Gasteiger partial charge in [0.25, 0.3) is 5.60 Å². The molecule has 0 aliphatic carbocycles. The van der Waals surface area contributed by atoms with E-state index >= 15 is 0 Å². The number of carbonyl (C=O) groups is 2. The molecule has 3 atom stereocenters. The number of alkyl halides is 3. The van der Waals surface area contributed by atoms with Gasteiger partial charge in [0.05, 0.1) is 31.4 Å². The number of carbonyl (C=O) groups excluding carboxylic acids is 2. The Morgan fingerprint density at radius 3 is 1.91 bits per heavy atom. The van der Waals surface area contributed by atoms with Crippen molar-refractivity contribution < 1.29 is 40.7 Å². The molecule has 0 aliphatic rings. The molecule has 2 amide bonds. The number of hydrogen-bond donors (Lipinski definition) is 1. The molecular formula is C19H18F3N3O6S2. The van der Waals surface area contributed by atoms with Crippen LogP contribution in [0.5, 0.6) is 5.75 Å². The first-order valence-electron chi connectivity index (χ1n) is 8.81. The minimum absolute atomic E-state index is 0.203. The summed E-state index contributed by atoms with van der Waals surface area (Å²) >= 11 is 0. The first-order chi connectivity index (χ1) is 15.3. The van der Waals surface area contributed by atoms with Crippen molar-refractivity contribution in [1.29, 1.82) is 0 Å². The van der Waals surface area contributed by atoms with Crippen LogP contribution in [0.2, 0.25) is 0 Å². The van der Waals surface area contributed by atoms with Crippen molar-refractivity contribution in [2.24, 2.45) is 16.0 Å². The highest BCUT2D eigenvalue weighted by Crippen LogP contribution is 2.43. The lowest BCUT2D eigenvalue weighted by Gasteiger charge is -2.32. The third-order valence-electron chi connectivity index (χ3n) is 4.27. The molecule has 0 bridgehead atoms. The zero-order valence-corrected chi connectivity index (χ0v) is 19.0. The summed E-state index contributed by atoms with van der Waals surface area (Å²) in [6.45, 7) is 0. The number of esters is 1. The fraction of sp³-hybridized carbons (Fsp3) is 0.263. The van der Waals surface area contributed by atoms with Gasteiger partial charge in [-0.3, -0.25) is 8.42 Å². The summed E-state index contributed by atoms with van der Waals surface area (Å²) in [5.74, 6) is -2.34. The number of halogens is 3. The monoisotopic (exact) mass is 505 g/mol. The van der Waals surface area contributed by atoms with E-state index in [-0.39, 0.29) is 15.5 Å². The van der Waals surface area contributed by atoms with E-state index in [4.69, 9.17) is 10.5 Å². The molecule has 14 heteroatoms. The first-order valence-corrected chi connectivity index (χ1v) is 11.9. The molecule has 2 aromatic rings. The van der Waals surface area contributed by atoms with E-state index in [0.717, 1.165) is 24.3 Å². The zero-order valence-electron chi connectivity index (χ0n) is 17.4. The van der Waals surface area contributed by atoms with E-state index in [9.17, 15) is 31.2 Å². The highest BCUT2D eigenvalue weighted by Gasteiger charge is 2.64. The zero-order chi connectivity index (χ0) is 25.0. The van der Waals surface area contributed by atoms with Gasteiger partial charge < -0.3 is 15.2 Å². The molecule has 0 aromatic heterocycles. The van der Waals surface area contributed by atoms with Crippen molar-refractivity contribution in [2.75, 3.05) is 19.6 Å². The van der Waals surface area contributed by atoms with Crippen LogP contribution in [0, 0.1) is 0 Å². The number of nitrogens with two attached hydrogens (primary N) is 1. The van der Waals surface area contributed by atoms with Gasteiger partial charge in [-0.2, -0.15) is 13.2 Å². The van der Waals surface area contributed by atoms with E-state index in [1.54, 1.807) is 0 Å². The normalized spacial score (nSPS) is 15.6. The number of azo groups is 1. The van der Waals surface area contributed by atoms with Crippen LogP contribution in [0.15, 0.2) is 62.5 Å². The van der Waals surface area contributed by atoms with Gasteiger partial charge in [-0.05, 0) is 12.1 Å². The summed E-state index contributed by atoms with van der Waals surface area (Å²) in [5.41, 5.74) is 0.641. The van der Waals surface area contributed by atoms with Crippen LogP contribution in [0.1, 0.15) is 5.56 Å². The molecule has 0 fully saturated rings. The lowest BCUT2D eigenvalue weighted by Crippen LogP contribution is -2.52. The summed E-state index contributed by atoms with van der Waals surface area (Å²) in [5, 5.41) is 6.65. The largest absolute Gasteiger partial charge is 0.432 e. The van der Waals surface area contributed by atoms with Crippen molar-refractivity contribution >= 4 is 39.3 Å². The average molecular weight is 505 g/mol. The predicted molar refractivity (Wildman–Crippen MR) is 112 cm³/mol. The van der Waals surface area contributed by atoms with Crippen LogP contribution >= 0.6 is 0 Å². The molecule has 2 aromatic carbocycles. The van der Waals surface area contributed by atoms with Gasteiger partial charge in [-0.15, -0.1) is 5.11 Å². The third kappa shape index (κ3) is 5.51. The molecule has 0 spiro atoms. The number of benzene rings is 2. The Morgan fingerprint density at radius 2 is 1.52 bits per heavy atom. The molecule has 0 radical (unpaired) electrons.